The van der Waals surface area contributed by atoms with E-state index >= 15 is 0 Å². The lowest BCUT2D eigenvalue weighted by Gasteiger charge is -2.26. The van der Waals surface area contributed by atoms with Gasteiger partial charge in [0.25, 0.3) is 0 Å². The zero-order valence-electron chi connectivity index (χ0n) is 35.2. The lowest BCUT2D eigenvalue weighted by molar-refractivity contribution is -0.141. The Kier molecular flexibility index (Phi) is 18.8. The summed E-state index contributed by atoms with van der Waals surface area (Å²) in [5.41, 5.74) is 7.97. The largest absolute Gasteiger partial charge is 0.481 e. The Labute approximate surface area is 377 Å². The Morgan fingerprint density at radius 2 is 1.28 bits per heavy atom. The molecule has 0 saturated carbocycles. The molecule has 0 aliphatic carbocycles. The minimum absolute atomic E-state index is 0.00268. The second-order valence-corrected chi connectivity index (χ2v) is 16.7. The molecule has 0 unspecified atom stereocenters. The summed E-state index contributed by atoms with van der Waals surface area (Å²) in [6.07, 6.45) is 2.27. The molecule has 21 nitrogen and oxygen atoms in total. The first kappa shape index (κ1) is 50.7. The number of hydrogen-bond donors (Lipinski definition) is 10. The second kappa shape index (κ2) is 24.2. The molecule has 7 amide bonds. The Morgan fingerprint density at radius 1 is 0.708 bits per heavy atom. The number of aromatic nitrogens is 1. The van der Waals surface area contributed by atoms with E-state index in [9.17, 15) is 51.9 Å². The number of carboxylic acid groups (broad SMARTS) is 1. The fraction of sp³-hybridized carbons (Fsp3) is 0.333. The smallest absolute Gasteiger partial charge is 0.446 e. The number of nitrogens with one attached hydrogen (secondary N) is 7. The fourth-order valence-electron chi connectivity index (χ4n) is 6.54. The topological polar surface area (TPSA) is 334 Å². The molecule has 0 fully saturated rings. The van der Waals surface area contributed by atoms with Gasteiger partial charge in [-0.2, -0.15) is 20.2 Å². The molecule has 0 aliphatic heterocycles. The van der Waals surface area contributed by atoms with Crippen LogP contribution in [0.4, 0.5) is 0 Å². The van der Waals surface area contributed by atoms with E-state index in [2.05, 4.69) is 41.1 Å². The number of carboxylic acids is 1. The summed E-state index contributed by atoms with van der Waals surface area (Å²) in [5, 5.41) is 25.3. The van der Waals surface area contributed by atoms with Crippen molar-refractivity contribution in [2.75, 3.05) is 18.6 Å². The summed E-state index contributed by atoms with van der Waals surface area (Å²) in [6, 6.07) is 14.1. The van der Waals surface area contributed by atoms with Crippen LogP contribution in [0.5, 0.6) is 5.75 Å². The van der Waals surface area contributed by atoms with Crippen LogP contribution in [-0.4, -0.2) is 119 Å². The average Bonchev–Trinajstić information content (AvgIpc) is 3.65. The lowest BCUT2D eigenvalue weighted by Crippen LogP contribution is -2.59. The fourth-order valence-corrected chi connectivity index (χ4v) is 7.36. The SMILES string of the molecule is CSCC[C@H](NC(=O)[C@H](Cc1c[nH]c2ccccc12)NC(=O)CNC(=O)[C@H](Cc1ccc(OS(=O)(=O)O)cc1)NC(C)=O)C(=O)N[C@@H](CC(=O)O)C(=O)N[C@@H](Cc1ccccc1)C(N)=O. The maximum Gasteiger partial charge on any atom is 0.446 e. The maximum absolute atomic E-state index is 14.1. The number of aliphatic carboxylic acids is 1. The van der Waals surface area contributed by atoms with E-state index in [4.69, 9.17) is 10.3 Å². The Bertz CT molecular complexity index is 2450. The molecule has 11 N–H and O–H groups in total. The molecule has 0 radical (unpaired) electrons. The normalized spacial score (nSPS) is 13.5. The summed E-state index contributed by atoms with van der Waals surface area (Å²) in [4.78, 5) is 107. The van der Waals surface area contributed by atoms with Crippen LogP contribution in [0.1, 0.15) is 36.5 Å². The molecule has 65 heavy (non-hydrogen) atoms. The van der Waals surface area contributed by atoms with Crippen LogP contribution in [0.3, 0.4) is 0 Å². The average molecular weight is 939 g/mol. The number of nitrogens with two attached hydrogens (primary N) is 1. The van der Waals surface area contributed by atoms with Crippen molar-refractivity contribution in [3.05, 3.63) is 102 Å². The van der Waals surface area contributed by atoms with Crippen molar-refractivity contribution in [3.8, 4) is 5.75 Å². The Morgan fingerprint density at radius 3 is 1.91 bits per heavy atom. The minimum atomic E-state index is -4.78. The van der Waals surface area contributed by atoms with E-state index in [-0.39, 0.29) is 31.4 Å². The first-order chi connectivity index (χ1) is 30.8. The number of amides is 7. The zero-order chi connectivity index (χ0) is 47.7. The highest BCUT2D eigenvalue weighted by Gasteiger charge is 2.33. The van der Waals surface area contributed by atoms with Crippen molar-refractivity contribution in [2.24, 2.45) is 5.73 Å². The summed E-state index contributed by atoms with van der Waals surface area (Å²) in [7, 11) is -4.78. The molecule has 1 aromatic heterocycles. The number of aromatic amines is 1. The van der Waals surface area contributed by atoms with Crippen LogP contribution < -0.4 is 41.8 Å². The van der Waals surface area contributed by atoms with Crippen LogP contribution in [0.15, 0.2) is 85.1 Å². The van der Waals surface area contributed by atoms with E-state index in [0.29, 0.717) is 22.4 Å². The predicted octanol–water partition coefficient (Wildman–Crippen LogP) is -0.349. The summed E-state index contributed by atoms with van der Waals surface area (Å²) < 4.78 is 35.4. The van der Waals surface area contributed by atoms with Crippen LogP contribution in [0.2, 0.25) is 0 Å². The number of hydrogen-bond acceptors (Lipinski definition) is 12. The van der Waals surface area contributed by atoms with Gasteiger partial charge < -0.3 is 51.9 Å². The van der Waals surface area contributed by atoms with Gasteiger partial charge in [-0.3, -0.25) is 42.9 Å². The van der Waals surface area contributed by atoms with Crippen LogP contribution in [0.25, 0.3) is 10.9 Å². The Hall–Kier alpha value is -6.98. The number of para-hydroxylation sites is 1. The highest BCUT2D eigenvalue weighted by atomic mass is 32.3. The van der Waals surface area contributed by atoms with Gasteiger partial charge in [0.2, 0.25) is 41.4 Å². The van der Waals surface area contributed by atoms with E-state index in [1.54, 1.807) is 67.0 Å². The van der Waals surface area contributed by atoms with Gasteiger partial charge in [0.1, 0.15) is 36.0 Å². The Balaban J connectivity index is 1.51. The third kappa shape index (κ3) is 16.9. The van der Waals surface area contributed by atoms with Crippen LogP contribution >= 0.6 is 11.8 Å². The van der Waals surface area contributed by atoms with Gasteiger partial charge in [-0.15, -0.1) is 0 Å². The number of fused-ring (bicyclic) bond motifs is 1. The standard InChI is InChI=1S/C42H50N8O13S2/c1-24(51)46-33(19-26-12-14-28(15-13-26)63-65(60,61)62)39(56)45-23-36(52)47-34(20-27-22-44-30-11-7-6-10-29(27)30)41(58)48-31(16-17-64-2)40(57)50-35(21-37(53)54)42(59)49-32(38(43)55)18-25-8-4-3-5-9-25/h3-15,22,31-35,44H,16-21,23H2,1-2H3,(H2,43,55)(H,45,56)(H,46,51)(H,47,52)(H,48,58)(H,49,59)(H,50,57)(H,53,54)(H,60,61,62)/t31-,32-,33-,34-,35-/m0/s1. The summed E-state index contributed by atoms with van der Waals surface area (Å²) in [5.74, 6) is -7.23. The van der Waals surface area contributed by atoms with E-state index in [0.717, 1.165) is 10.9 Å². The molecule has 348 valence electrons. The summed E-state index contributed by atoms with van der Waals surface area (Å²) in [6.45, 7) is 0.497. The molecule has 5 atom stereocenters. The number of thioether (sulfide) groups is 1. The molecule has 0 spiro atoms. The number of carbonyl (C=O) groups is 8. The van der Waals surface area contributed by atoms with Crippen molar-refractivity contribution >= 4 is 80.4 Å². The van der Waals surface area contributed by atoms with Gasteiger partial charge in [0.15, 0.2) is 0 Å². The molecule has 0 aliphatic rings. The quantitative estimate of drug-likeness (QED) is 0.0380. The first-order valence-corrected chi connectivity index (χ1v) is 22.7. The lowest BCUT2D eigenvalue weighted by atomic mass is 10.0. The zero-order valence-corrected chi connectivity index (χ0v) is 36.8. The van der Waals surface area contributed by atoms with Crippen molar-refractivity contribution < 1.29 is 60.6 Å². The molecule has 4 aromatic rings. The van der Waals surface area contributed by atoms with E-state index in [1.807, 2.05) is 0 Å². The van der Waals surface area contributed by atoms with Gasteiger partial charge in [0, 0.05) is 43.3 Å². The molecule has 0 bridgehead atoms. The second-order valence-electron chi connectivity index (χ2n) is 14.7. The first-order valence-electron chi connectivity index (χ1n) is 19.9. The highest BCUT2D eigenvalue weighted by molar-refractivity contribution is 7.98. The molecular weight excluding hydrogens is 889 g/mol. The van der Waals surface area contributed by atoms with E-state index < -0.39 is 101 Å². The molecule has 23 heteroatoms. The molecule has 4 rings (SSSR count). The highest BCUT2D eigenvalue weighted by Crippen LogP contribution is 2.20. The van der Waals surface area contributed by atoms with Gasteiger partial charge >= 0.3 is 16.4 Å². The monoisotopic (exact) mass is 938 g/mol. The van der Waals surface area contributed by atoms with Crippen molar-refractivity contribution in [3.63, 3.8) is 0 Å². The maximum atomic E-state index is 14.1. The number of primary amides is 1. The van der Waals surface area contributed by atoms with Gasteiger partial charge in [-0.05, 0) is 53.3 Å². The minimum Gasteiger partial charge on any atom is -0.481 e. The molecule has 1 heterocycles. The van der Waals surface area contributed by atoms with Gasteiger partial charge in [-0.25, -0.2) is 0 Å². The number of rotatable bonds is 25. The van der Waals surface area contributed by atoms with Crippen molar-refractivity contribution in [2.45, 2.75) is 69.2 Å². The molecular formula is C42H50N8O13S2. The van der Waals surface area contributed by atoms with Crippen molar-refractivity contribution in [1.29, 1.82) is 0 Å². The van der Waals surface area contributed by atoms with Crippen molar-refractivity contribution in [1.82, 2.24) is 36.9 Å². The van der Waals surface area contributed by atoms with Gasteiger partial charge in [-0.1, -0.05) is 60.7 Å². The van der Waals surface area contributed by atoms with Crippen LogP contribution in [0, 0.1) is 0 Å². The number of benzene rings is 3. The molecule has 0 saturated heterocycles. The number of carbonyl (C=O) groups excluding carboxylic acids is 7. The van der Waals surface area contributed by atoms with Crippen LogP contribution in [-0.2, 0) is 68.0 Å². The molecule has 3 aromatic carbocycles. The van der Waals surface area contributed by atoms with E-state index in [1.165, 1.54) is 43.0 Å². The predicted molar refractivity (Wildman–Crippen MR) is 237 cm³/mol. The summed E-state index contributed by atoms with van der Waals surface area (Å²) >= 11 is 1.33. The third-order valence-electron chi connectivity index (χ3n) is 9.63. The number of H-pyrrole nitrogens is 1. The van der Waals surface area contributed by atoms with Gasteiger partial charge in [0.05, 0.1) is 13.0 Å². The third-order valence-corrected chi connectivity index (χ3v) is 10.7.